The van der Waals surface area contributed by atoms with Crippen LogP contribution in [0.5, 0.6) is 0 Å². The molecule has 0 saturated heterocycles. The quantitative estimate of drug-likeness (QED) is 0.192. The molecule has 0 fully saturated rings. The molecule has 1 aliphatic rings. The predicted octanol–water partition coefficient (Wildman–Crippen LogP) is 12.7. The minimum atomic E-state index is -0.280. The van der Waals surface area contributed by atoms with Crippen molar-refractivity contribution in [3.63, 3.8) is 0 Å². The number of nitrogens with one attached hydrogen (secondary N) is 1. The van der Waals surface area contributed by atoms with Gasteiger partial charge in [-0.3, -0.25) is 0 Å². The molecule has 12 rings (SSSR count). The highest BCUT2D eigenvalue weighted by Gasteiger charge is 2.23. The summed E-state index contributed by atoms with van der Waals surface area (Å²) in [7, 11) is 0. The fourth-order valence-corrected chi connectivity index (χ4v) is 8.64. The topological polar surface area (TPSA) is 68.0 Å². The third-order valence-corrected chi connectivity index (χ3v) is 11.3. The Morgan fingerprint density at radius 2 is 1.11 bits per heavy atom. The van der Waals surface area contributed by atoms with Gasteiger partial charge in [0.2, 0.25) is 0 Å². The van der Waals surface area contributed by atoms with Gasteiger partial charge in [0.15, 0.2) is 5.84 Å². The Hall–Kier alpha value is -7.70. The van der Waals surface area contributed by atoms with Gasteiger partial charge in [0.05, 0.1) is 22.1 Å². The van der Waals surface area contributed by atoms with Crippen LogP contribution < -0.4 is 5.32 Å². The maximum absolute atomic E-state index is 6.80. The zero-order valence-electron chi connectivity index (χ0n) is 30.6. The molecule has 0 radical (unpaired) electrons. The SMILES string of the molecule is c1ccc(C2=NC(c3ccccc3)NC(c3ccc4oc5ccc(-c6cccc7c6oc6cccc(-n8c9ccccc9c9ccccc98)c67)cc5c4c3)=N2)cc1. The van der Waals surface area contributed by atoms with E-state index in [0.717, 1.165) is 83.2 Å². The molecule has 0 saturated carbocycles. The summed E-state index contributed by atoms with van der Waals surface area (Å²) >= 11 is 0. The molecule has 57 heavy (non-hydrogen) atoms. The van der Waals surface area contributed by atoms with Crippen molar-refractivity contribution in [3.8, 4) is 16.8 Å². The first kappa shape index (κ1) is 31.6. The van der Waals surface area contributed by atoms with Gasteiger partial charge in [-0.15, -0.1) is 0 Å². The molecule has 0 amide bonds. The largest absolute Gasteiger partial charge is 0.456 e. The summed E-state index contributed by atoms with van der Waals surface area (Å²) in [6, 6.07) is 63.2. The molecule has 0 bridgehead atoms. The van der Waals surface area contributed by atoms with Crippen molar-refractivity contribution in [2.75, 3.05) is 0 Å². The molecule has 4 heterocycles. The minimum absolute atomic E-state index is 0.280. The van der Waals surface area contributed by atoms with Gasteiger partial charge in [0, 0.05) is 43.6 Å². The zero-order valence-corrected chi connectivity index (χ0v) is 30.6. The van der Waals surface area contributed by atoms with Gasteiger partial charge in [0.1, 0.15) is 34.3 Å². The number of furan rings is 2. The third kappa shape index (κ3) is 4.97. The van der Waals surface area contributed by atoms with Crippen LogP contribution >= 0.6 is 0 Å². The Bertz CT molecular complexity index is 3390. The van der Waals surface area contributed by atoms with Crippen molar-refractivity contribution in [2.24, 2.45) is 9.98 Å². The molecule has 8 aromatic carbocycles. The van der Waals surface area contributed by atoms with Gasteiger partial charge in [-0.2, -0.15) is 0 Å². The van der Waals surface area contributed by atoms with Gasteiger partial charge in [-0.1, -0.05) is 127 Å². The van der Waals surface area contributed by atoms with Crippen molar-refractivity contribution < 1.29 is 8.83 Å². The van der Waals surface area contributed by atoms with Crippen LogP contribution in [0.15, 0.2) is 201 Å². The number of hydrogen-bond donors (Lipinski definition) is 1. The number of nitrogens with zero attached hydrogens (tertiary/aromatic N) is 3. The summed E-state index contributed by atoms with van der Waals surface area (Å²) < 4.78 is 15.6. The van der Waals surface area contributed by atoms with E-state index in [9.17, 15) is 0 Å². The minimum Gasteiger partial charge on any atom is -0.456 e. The van der Waals surface area contributed by atoms with E-state index < -0.39 is 0 Å². The van der Waals surface area contributed by atoms with Gasteiger partial charge in [0.25, 0.3) is 0 Å². The maximum atomic E-state index is 6.80. The highest BCUT2D eigenvalue weighted by Crippen LogP contribution is 2.42. The molecular formula is C51H32N4O2. The lowest BCUT2D eigenvalue weighted by Crippen LogP contribution is -2.33. The number of para-hydroxylation sites is 3. The van der Waals surface area contributed by atoms with Crippen molar-refractivity contribution in [2.45, 2.75) is 6.17 Å². The second-order valence-corrected chi connectivity index (χ2v) is 14.6. The second kappa shape index (κ2) is 12.4. The fourth-order valence-electron chi connectivity index (χ4n) is 8.64. The van der Waals surface area contributed by atoms with E-state index >= 15 is 0 Å². The molecule has 1 atom stereocenters. The van der Waals surface area contributed by atoms with E-state index in [4.69, 9.17) is 18.8 Å². The van der Waals surface area contributed by atoms with Gasteiger partial charge in [-0.05, 0) is 65.7 Å². The standard InChI is InChI=1S/C51H32N4O2/c1-3-13-31(14-4-1)49-52-50(32-15-5-2-6-16-32)54-51(53-49)34-26-28-45-40(30-34)39-29-33(25-27-44(39)56-45)35-19-11-20-38-47-43(23-12-24-46(47)57-48(35)38)55-41-21-9-7-17-36(41)37-18-8-10-22-42(37)55/h1-30,49H,(H,52,53,54). The van der Waals surface area contributed by atoms with E-state index in [1.165, 1.54) is 21.8 Å². The molecule has 1 aliphatic heterocycles. The van der Waals surface area contributed by atoms with Crippen LogP contribution in [0.3, 0.4) is 0 Å². The molecule has 6 heteroatoms. The fraction of sp³-hybridized carbons (Fsp3) is 0.0196. The van der Waals surface area contributed by atoms with E-state index in [1.807, 2.05) is 42.5 Å². The Balaban J connectivity index is 0.996. The summed E-state index contributed by atoms with van der Waals surface area (Å²) in [5, 5.41) is 10.3. The molecule has 6 nitrogen and oxygen atoms in total. The highest BCUT2D eigenvalue weighted by molar-refractivity contribution is 6.18. The Kier molecular flexibility index (Phi) is 6.89. The van der Waals surface area contributed by atoms with Crippen molar-refractivity contribution in [1.82, 2.24) is 9.88 Å². The molecule has 0 aliphatic carbocycles. The number of aromatic nitrogens is 1. The average Bonchev–Trinajstić information content (AvgIpc) is 3.96. The van der Waals surface area contributed by atoms with E-state index in [-0.39, 0.29) is 6.17 Å². The molecule has 1 unspecified atom stereocenters. The Labute approximate surface area is 326 Å². The Morgan fingerprint density at radius 1 is 0.474 bits per heavy atom. The number of amidine groups is 2. The van der Waals surface area contributed by atoms with E-state index in [2.05, 4.69) is 149 Å². The zero-order chi connectivity index (χ0) is 37.5. The molecular weight excluding hydrogens is 701 g/mol. The number of hydrogen-bond acceptors (Lipinski definition) is 5. The first-order valence-corrected chi connectivity index (χ1v) is 19.2. The van der Waals surface area contributed by atoms with Crippen molar-refractivity contribution >= 4 is 77.4 Å². The summed E-state index contributed by atoms with van der Waals surface area (Å²) in [5.74, 6) is 1.45. The normalized spacial score (nSPS) is 14.5. The summed E-state index contributed by atoms with van der Waals surface area (Å²) in [6.45, 7) is 0. The van der Waals surface area contributed by atoms with Crippen LogP contribution in [0.25, 0.3) is 82.5 Å². The summed E-state index contributed by atoms with van der Waals surface area (Å²) in [5.41, 5.74) is 11.9. The highest BCUT2D eigenvalue weighted by atomic mass is 16.3. The number of rotatable bonds is 5. The van der Waals surface area contributed by atoms with Crippen LogP contribution in [0, 0.1) is 0 Å². The van der Waals surface area contributed by atoms with Crippen LogP contribution in [0.4, 0.5) is 0 Å². The third-order valence-electron chi connectivity index (χ3n) is 11.3. The average molecular weight is 733 g/mol. The molecule has 1 N–H and O–H groups in total. The number of benzene rings is 8. The van der Waals surface area contributed by atoms with Crippen LogP contribution in [0.2, 0.25) is 0 Å². The van der Waals surface area contributed by atoms with Crippen molar-refractivity contribution in [3.05, 3.63) is 199 Å². The van der Waals surface area contributed by atoms with E-state index in [0.29, 0.717) is 5.84 Å². The molecule has 268 valence electrons. The number of fused-ring (bicyclic) bond motifs is 9. The first-order valence-electron chi connectivity index (χ1n) is 19.2. The van der Waals surface area contributed by atoms with Gasteiger partial charge < -0.3 is 18.7 Å². The monoisotopic (exact) mass is 732 g/mol. The molecule has 11 aromatic rings. The van der Waals surface area contributed by atoms with Crippen molar-refractivity contribution in [1.29, 1.82) is 0 Å². The van der Waals surface area contributed by atoms with Crippen LogP contribution in [-0.2, 0) is 0 Å². The second-order valence-electron chi connectivity index (χ2n) is 14.6. The Morgan fingerprint density at radius 3 is 1.86 bits per heavy atom. The lowest BCUT2D eigenvalue weighted by atomic mass is 9.99. The summed E-state index contributed by atoms with van der Waals surface area (Å²) in [4.78, 5) is 10.1. The lowest BCUT2D eigenvalue weighted by Gasteiger charge is -2.23. The first-order chi connectivity index (χ1) is 28.2. The maximum Gasteiger partial charge on any atom is 0.159 e. The number of aliphatic imine (C=N–C) groups is 2. The smallest absolute Gasteiger partial charge is 0.159 e. The predicted molar refractivity (Wildman–Crippen MR) is 233 cm³/mol. The van der Waals surface area contributed by atoms with Crippen LogP contribution in [0.1, 0.15) is 22.9 Å². The van der Waals surface area contributed by atoms with Gasteiger partial charge >= 0.3 is 0 Å². The van der Waals surface area contributed by atoms with E-state index in [1.54, 1.807) is 0 Å². The van der Waals surface area contributed by atoms with Crippen LogP contribution in [-0.4, -0.2) is 16.2 Å². The summed E-state index contributed by atoms with van der Waals surface area (Å²) in [6.07, 6.45) is -0.280. The lowest BCUT2D eigenvalue weighted by molar-refractivity contribution is 0.667. The van der Waals surface area contributed by atoms with Gasteiger partial charge in [-0.25, -0.2) is 9.98 Å². The molecule has 3 aromatic heterocycles. The molecule has 0 spiro atoms.